The molecular formula is C12H30O3Si3. The van der Waals surface area contributed by atoms with Gasteiger partial charge in [0.2, 0.25) is 0 Å². The average molecular weight is 307 g/mol. The smallest absolute Gasteiger partial charge is 0.186 e. The van der Waals surface area contributed by atoms with Crippen LogP contribution in [-0.4, -0.2) is 44.4 Å². The lowest BCUT2D eigenvalue weighted by molar-refractivity contribution is 0.0310. The maximum absolute atomic E-state index is 6.25. The molecule has 0 spiro atoms. The first-order valence-electron chi connectivity index (χ1n) is 7.13. The lowest BCUT2D eigenvalue weighted by atomic mass is 10.2. The predicted octanol–water partition coefficient (Wildman–Crippen LogP) is 2.67. The third-order valence-electron chi connectivity index (χ3n) is 2.70. The zero-order valence-electron chi connectivity index (χ0n) is 12.9. The molecule has 108 valence electrons. The first-order chi connectivity index (χ1) is 8.16. The van der Waals surface area contributed by atoms with Crippen LogP contribution in [-0.2, 0) is 13.6 Å². The Bertz CT molecular complexity index is 226. The molecule has 1 heterocycles. The third-order valence-corrected chi connectivity index (χ3v) is 7.19. The van der Waals surface area contributed by atoms with Gasteiger partial charge in [-0.3, -0.25) is 0 Å². The van der Waals surface area contributed by atoms with Crippen LogP contribution in [0.3, 0.4) is 0 Å². The fraction of sp³-hybridized carbons (Fsp3) is 1.00. The fourth-order valence-electron chi connectivity index (χ4n) is 2.12. The van der Waals surface area contributed by atoms with Crippen LogP contribution < -0.4 is 0 Å². The molecule has 18 heavy (non-hydrogen) atoms. The molecule has 0 saturated carbocycles. The third kappa shape index (κ3) is 7.85. The molecule has 1 rings (SSSR count). The number of rotatable bonds is 6. The van der Waals surface area contributed by atoms with Crippen molar-refractivity contribution in [3.05, 3.63) is 0 Å². The summed E-state index contributed by atoms with van der Waals surface area (Å²) in [5, 5.41) is 0. The topological polar surface area (TPSA) is 27.7 Å². The highest BCUT2D eigenvalue weighted by Crippen LogP contribution is 2.18. The largest absolute Gasteiger partial charge is 0.397 e. The number of hydrogen-bond acceptors (Lipinski definition) is 3. The lowest BCUT2D eigenvalue weighted by Crippen LogP contribution is -2.47. The Labute approximate surface area is 117 Å². The van der Waals surface area contributed by atoms with E-state index < -0.39 is 26.2 Å². The second-order valence-corrected chi connectivity index (χ2v) is 18.1. The van der Waals surface area contributed by atoms with E-state index in [1.165, 1.54) is 19.3 Å². The van der Waals surface area contributed by atoms with E-state index in [4.69, 9.17) is 13.6 Å². The van der Waals surface area contributed by atoms with Gasteiger partial charge in [0.05, 0.1) is 0 Å². The summed E-state index contributed by atoms with van der Waals surface area (Å²) in [7, 11) is -3.53. The molecule has 0 N–H and O–H groups in total. The summed E-state index contributed by atoms with van der Waals surface area (Å²) in [6.45, 7) is 14.4. The van der Waals surface area contributed by atoms with Gasteiger partial charge >= 0.3 is 0 Å². The highest BCUT2D eigenvalue weighted by atomic mass is 28.4. The minimum absolute atomic E-state index is 0.0754. The van der Waals surface area contributed by atoms with Crippen LogP contribution in [0.2, 0.25) is 39.3 Å². The molecule has 1 unspecified atom stereocenters. The van der Waals surface area contributed by atoms with Crippen molar-refractivity contribution in [1.29, 1.82) is 0 Å². The minimum Gasteiger partial charge on any atom is -0.397 e. The molecule has 0 amide bonds. The van der Waals surface area contributed by atoms with Gasteiger partial charge in [-0.15, -0.1) is 0 Å². The quantitative estimate of drug-likeness (QED) is 0.558. The van der Waals surface area contributed by atoms with E-state index in [1.54, 1.807) is 0 Å². The Morgan fingerprint density at radius 2 is 1.56 bits per heavy atom. The van der Waals surface area contributed by atoms with Gasteiger partial charge in [0.1, 0.15) is 15.4 Å². The van der Waals surface area contributed by atoms with Crippen LogP contribution in [0.4, 0.5) is 0 Å². The van der Waals surface area contributed by atoms with Crippen molar-refractivity contribution in [3.8, 4) is 0 Å². The highest BCUT2D eigenvalue weighted by molar-refractivity contribution is 6.71. The highest BCUT2D eigenvalue weighted by Gasteiger charge is 2.30. The summed E-state index contributed by atoms with van der Waals surface area (Å²) in [5.41, 5.74) is 0.469. The molecule has 1 aliphatic heterocycles. The maximum Gasteiger partial charge on any atom is 0.186 e. The zero-order valence-corrected chi connectivity index (χ0v) is 16.3. The van der Waals surface area contributed by atoms with Gasteiger partial charge in [-0.05, 0) is 58.5 Å². The Kier molecular flexibility index (Phi) is 6.27. The lowest BCUT2D eigenvalue weighted by Gasteiger charge is -2.34. The molecule has 1 atom stereocenters. The van der Waals surface area contributed by atoms with Crippen LogP contribution in [0, 0.1) is 0 Å². The summed E-state index contributed by atoms with van der Waals surface area (Å²) >= 11 is 0. The van der Waals surface area contributed by atoms with Gasteiger partial charge in [0.15, 0.2) is 16.6 Å². The van der Waals surface area contributed by atoms with E-state index in [0.29, 0.717) is 5.73 Å². The number of hydrogen-bond donors (Lipinski definition) is 0. The maximum atomic E-state index is 6.25. The van der Waals surface area contributed by atoms with Crippen molar-refractivity contribution in [3.63, 3.8) is 0 Å². The molecule has 0 radical (unpaired) electrons. The van der Waals surface area contributed by atoms with Crippen molar-refractivity contribution in [1.82, 2.24) is 0 Å². The van der Waals surface area contributed by atoms with Crippen LogP contribution in [0.5, 0.6) is 0 Å². The second-order valence-electron chi connectivity index (χ2n) is 7.11. The van der Waals surface area contributed by atoms with Crippen LogP contribution in [0.1, 0.15) is 19.3 Å². The molecule has 0 bridgehead atoms. The Morgan fingerprint density at radius 1 is 1.00 bits per heavy atom. The number of ether oxygens (including phenoxy) is 1. The fourth-order valence-corrected chi connectivity index (χ4v) is 8.91. The molecule has 1 aliphatic rings. The average Bonchev–Trinajstić information content (AvgIpc) is 2.13. The molecule has 0 aromatic heterocycles. The van der Waals surface area contributed by atoms with E-state index in [-0.39, 0.29) is 5.91 Å². The van der Waals surface area contributed by atoms with Gasteiger partial charge in [-0.25, -0.2) is 0 Å². The summed E-state index contributed by atoms with van der Waals surface area (Å²) in [4.78, 5) is 0. The monoisotopic (exact) mass is 306 g/mol. The van der Waals surface area contributed by atoms with Gasteiger partial charge in [0.25, 0.3) is 0 Å². The summed E-state index contributed by atoms with van der Waals surface area (Å²) in [6, 6.07) is 0. The molecule has 1 saturated heterocycles. The zero-order chi connectivity index (χ0) is 13.8. The van der Waals surface area contributed by atoms with Crippen molar-refractivity contribution in [2.75, 3.05) is 6.61 Å². The molecule has 6 heteroatoms. The van der Waals surface area contributed by atoms with Crippen molar-refractivity contribution < 1.29 is 13.6 Å². The second kappa shape index (κ2) is 6.81. The van der Waals surface area contributed by atoms with Gasteiger partial charge in [0, 0.05) is 12.3 Å². The molecule has 3 nitrogen and oxygen atoms in total. The first-order valence-corrected chi connectivity index (χ1v) is 15.6. The van der Waals surface area contributed by atoms with E-state index >= 15 is 0 Å². The Hall–Kier alpha value is 0.531. The molecule has 1 fully saturated rings. The van der Waals surface area contributed by atoms with Crippen LogP contribution >= 0.6 is 0 Å². The van der Waals surface area contributed by atoms with Crippen molar-refractivity contribution in [2.45, 2.75) is 70.2 Å². The SMILES string of the molecule is C[Si](C)(C)OC(O[Si](C)(C)C)[SiH2]C1CCCCO1. The van der Waals surface area contributed by atoms with E-state index in [2.05, 4.69) is 39.3 Å². The minimum atomic E-state index is -1.53. The predicted molar refractivity (Wildman–Crippen MR) is 84.8 cm³/mol. The van der Waals surface area contributed by atoms with Crippen molar-refractivity contribution >= 4 is 26.2 Å². The summed E-state index contributed by atoms with van der Waals surface area (Å²) < 4.78 is 18.4. The molecule has 0 aromatic carbocycles. The molecule has 0 aliphatic carbocycles. The van der Waals surface area contributed by atoms with Gasteiger partial charge in [-0.1, -0.05) is 0 Å². The van der Waals surface area contributed by atoms with E-state index in [1.807, 2.05) is 0 Å². The molecular weight excluding hydrogens is 276 g/mol. The first kappa shape index (κ1) is 16.6. The van der Waals surface area contributed by atoms with Gasteiger partial charge < -0.3 is 13.6 Å². The van der Waals surface area contributed by atoms with Crippen molar-refractivity contribution in [2.24, 2.45) is 0 Å². The Morgan fingerprint density at radius 3 is 1.94 bits per heavy atom. The van der Waals surface area contributed by atoms with Crippen LogP contribution in [0.15, 0.2) is 0 Å². The Balaban J connectivity index is 2.53. The normalized spacial score (nSPS) is 23.2. The standard InChI is InChI=1S/C12H30O3Si3/c1-17(2,3)14-12(15-18(4,5)6)16-11-9-7-8-10-13-11/h11-12H,7-10,16H2,1-6H3. The summed E-state index contributed by atoms with van der Waals surface area (Å²) in [5.74, 6) is 0.0754. The van der Waals surface area contributed by atoms with Crippen LogP contribution in [0.25, 0.3) is 0 Å². The van der Waals surface area contributed by atoms with E-state index in [0.717, 1.165) is 6.61 Å². The van der Waals surface area contributed by atoms with Gasteiger partial charge in [-0.2, -0.15) is 0 Å². The summed E-state index contributed by atoms with van der Waals surface area (Å²) in [6.07, 6.45) is 3.75. The van der Waals surface area contributed by atoms with E-state index in [9.17, 15) is 0 Å². The molecule has 0 aromatic rings.